The van der Waals surface area contributed by atoms with Gasteiger partial charge in [-0.25, -0.2) is 13.1 Å². The van der Waals surface area contributed by atoms with E-state index in [1.165, 1.54) is 0 Å². The van der Waals surface area contributed by atoms with Crippen LogP contribution in [0, 0.1) is 0 Å². The Bertz CT molecular complexity index is 360. The number of H-pyrrole nitrogens is 1. The Kier molecular flexibility index (Phi) is 4.73. The zero-order valence-electron chi connectivity index (χ0n) is 8.31. The van der Waals surface area contributed by atoms with E-state index in [0.717, 1.165) is 5.56 Å². The van der Waals surface area contributed by atoms with E-state index in [-0.39, 0.29) is 18.9 Å². The lowest BCUT2D eigenvalue weighted by Crippen LogP contribution is -2.25. The maximum absolute atomic E-state index is 11.4. The number of hydrogen-bond acceptors (Lipinski definition) is 4. The van der Waals surface area contributed by atoms with E-state index in [9.17, 15) is 8.42 Å². The molecule has 86 valence electrons. The van der Waals surface area contributed by atoms with Crippen molar-refractivity contribution in [3.8, 4) is 0 Å². The van der Waals surface area contributed by atoms with Gasteiger partial charge in [-0.05, 0) is 12.8 Å². The Hall–Kier alpha value is -0.920. The van der Waals surface area contributed by atoms with Gasteiger partial charge in [0.1, 0.15) is 0 Å². The first-order valence-electron chi connectivity index (χ1n) is 4.70. The highest BCUT2D eigenvalue weighted by Gasteiger charge is 2.09. The molecule has 7 heteroatoms. The fraction of sp³-hybridized carbons (Fsp3) is 0.625. The molecule has 0 fully saturated rings. The van der Waals surface area contributed by atoms with E-state index in [1.54, 1.807) is 12.4 Å². The summed E-state index contributed by atoms with van der Waals surface area (Å²) in [7, 11) is -3.23. The topological polar surface area (TPSA) is 95.1 Å². The van der Waals surface area contributed by atoms with Gasteiger partial charge < -0.3 is 5.11 Å². The van der Waals surface area contributed by atoms with Gasteiger partial charge in [0.15, 0.2) is 0 Å². The smallest absolute Gasteiger partial charge is 0.211 e. The Labute approximate surface area is 88.8 Å². The second-order valence-electron chi connectivity index (χ2n) is 3.18. The zero-order valence-corrected chi connectivity index (χ0v) is 9.13. The molecule has 0 bridgehead atoms. The van der Waals surface area contributed by atoms with Gasteiger partial charge >= 0.3 is 0 Å². The molecule has 0 aliphatic carbocycles. The van der Waals surface area contributed by atoms with Crippen molar-refractivity contribution in [2.45, 2.75) is 19.4 Å². The highest BCUT2D eigenvalue weighted by atomic mass is 32.2. The summed E-state index contributed by atoms with van der Waals surface area (Å²) in [6.07, 6.45) is 4.18. The highest BCUT2D eigenvalue weighted by Crippen LogP contribution is 1.97. The number of aromatic nitrogens is 2. The number of unbranched alkanes of at least 4 members (excludes halogenated alkanes) is 1. The summed E-state index contributed by atoms with van der Waals surface area (Å²) in [6.45, 7) is 0.273. The first-order valence-corrected chi connectivity index (χ1v) is 6.35. The van der Waals surface area contributed by atoms with Crippen molar-refractivity contribution >= 4 is 10.0 Å². The predicted octanol–water partition coefficient (Wildman–Crippen LogP) is -0.398. The molecule has 0 spiro atoms. The van der Waals surface area contributed by atoms with Crippen LogP contribution in [0.5, 0.6) is 0 Å². The molecule has 1 heterocycles. The van der Waals surface area contributed by atoms with Crippen molar-refractivity contribution in [2.75, 3.05) is 12.4 Å². The van der Waals surface area contributed by atoms with E-state index in [2.05, 4.69) is 14.9 Å². The fourth-order valence-corrected chi connectivity index (χ4v) is 2.16. The zero-order chi connectivity index (χ0) is 11.1. The molecule has 1 aromatic heterocycles. The molecular formula is C8H15N3O3S. The van der Waals surface area contributed by atoms with Gasteiger partial charge in [-0.2, -0.15) is 5.10 Å². The monoisotopic (exact) mass is 233 g/mol. The first-order chi connectivity index (χ1) is 7.14. The summed E-state index contributed by atoms with van der Waals surface area (Å²) in [5.74, 6) is 0.0470. The minimum absolute atomic E-state index is 0.0251. The van der Waals surface area contributed by atoms with Crippen LogP contribution in [0.3, 0.4) is 0 Å². The maximum atomic E-state index is 11.4. The lowest BCUT2D eigenvalue weighted by Gasteiger charge is -2.04. The summed E-state index contributed by atoms with van der Waals surface area (Å²) < 4.78 is 25.2. The number of aliphatic hydroxyl groups is 1. The molecule has 15 heavy (non-hydrogen) atoms. The van der Waals surface area contributed by atoms with E-state index in [0.29, 0.717) is 12.8 Å². The molecule has 0 unspecified atom stereocenters. The lowest BCUT2D eigenvalue weighted by molar-refractivity contribution is 0.287. The van der Waals surface area contributed by atoms with E-state index in [4.69, 9.17) is 5.11 Å². The average molecular weight is 233 g/mol. The lowest BCUT2D eigenvalue weighted by atomic mass is 10.4. The average Bonchev–Trinajstić information content (AvgIpc) is 2.68. The second kappa shape index (κ2) is 5.84. The molecular weight excluding hydrogens is 218 g/mol. The van der Waals surface area contributed by atoms with Crippen molar-refractivity contribution < 1.29 is 13.5 Å². The molecule has 1 aromatic rings. The summed E-state index contributed by atoms with van der Waals surface area (Å²) in [4.78, 5) is 0. The summed E-state index contributed by atoms with van der Waals surface area (Å²) in [6, 6.07) is 0. The molecule has 0 saturated carbocycles. The van der Waals surface area contributed by atoms with Crippen LogP contribution in [0.15, 0.2) is 12.4 Å². The number of nitrogens with zero attached hydrogens (tertiary/aromatic N) is 1. The highest BCUT2D eigenvalue weighted by molar-refractivity contribution is 7.89. The standard InChI is InChI=1S/C8H15N3O3S/c12-3-1-2-4-15(13,14)11-7-8-5-9-10-6-8/h5-6,11-12H,1-4,7H2,(H,9,10). The Morgan fingerprint density at radius 1 is 1.47 bits per heavy atom. The van der Waals surface area contributed by atoms with Crippen LogP contribution in [-0.2, 0) is 16.6 Å². The van der Waals surface area contributed by atoms with Gasteiger partial charge in [0.2, 0.25) is 10.0 Å². The van der Waals surface area contributed by atoms with Crippen LogP contribution >= 0.6 is 0 Å². The van der Waals surface area contributed by atoms with Crippen LogP contribution < -0.4 is 4.72 Å². The number of nitrogens with one attached hydrogen (secondary N) is 2. The minimum atomic E-state index is -3.23. The maximum Gasteiger partial charge on any atom is 0.211 e. The van der Waals surface area contributed by atoms with Crippen LogP contribution in [0.4, 0.5) is 0 Å². The molecule has 0 amide bonds. The Morgan fingerprint density at radius 2 is 2.27 bits per heavy atom. The number of rotatable bonds is 7. The summed E-state index contributed by atoms with van der Waals surface area (Å²) in [5.41, 5.74) is 0.792. The molecule has 3 N–H and O–H groups in total. The quantitative estimate of drug-likeness (QED) is 0.558. The molecule has 1 rings (SSSR count). The third kappa shape index (κ3) is 4.91. The fourth-order valence-electron chi connectivity index (χ4n) is 1.04. The van der Waals surface area contributed by atoms with Gasteiger partial charge in [-0.1, -0.05) is 0 Å². The van der Waals surface area contributed by atoms with Crippen molar-refractivity contribution in [1.29, 1.82) is 0 Å². The van der Waals surface area contributed by atoms with Crippen LogP contribution in [0.1, 0.15) is 18.4 Å². The second-order valence-corrected chi connectivity index (χ2v) is 5.10. The molecule has 0 aliphatic heterocycles. The van der Waals surface area contributed by atoms with Gasteiger partial charge in [0.25, 0.3) is 0 Å². The van der Waals surface area contributed by atoms with Crippen LogP contribution in [-0.4, -0.2) is 36.1 Å². The van der Waals surface area contributed by atoms with Crippen LogP contribution in [0.2, 0.25) is 0 Å². The largest absolute Gasteiger partial charge is 0.396 e. The first kappa shape index (κ1) is 12.2. The van der Waals surface area contributed by atoms with Gasteiger partial charge in [-0.15, -0.1) is 0 Å². The molecule has 0 aliphatic rings. The number of aromatic amines is 1. The Balaban J connectivity index is 2.30. The molecule has 0 atom stereocenters. The van der Waals surface area contributed by atoms with Gasteiger partial charge in [0.05, 0.1) is 11.9 Å². The van der Waals surface area contributed by atoms with Crippen molar-refractivity contribution in [2.24, 2.45) is 0 Å². The normalized spacial score (nSPS) is 11.8. The van der Waals surface area contributed by atoms with Crippen LogP contribution in [0.25, 0.3) is 0 Å². The molecule has 0 radical (unpaired) electrons. The molecule has 0 aromatic carbocycles. The van der Waals surface area contributed by atoms with E-state index >= 15 is 0 Å². The SMILES string of the molecule is O=S(=O)(CCCCO)NCc1cn[nH]c1. The molecule has 6 nitrogen and oxygen atoms in total. The third-order valence-electron chi connectivity index (χ3n) is 1.87. The minimum Gasteiger partial charge on any atom is -0.396 e. The number of hydrogen-bond donors (Lipinski definition) is 3. The van der Waals surface area contributed by atoms with Crippen molar-refractivity contribution in [3.63, 3.8) is 0 Å². The van der Waals surface area contributed by atoms with E-state index in [1.807, 2.05) is 0 Å². The summed E-state index contributed by atoms with van der Waals surface area (Å²) >= 11 is 0. The van der Waals surface area contributed by atoms with Crippen molar-refractivity contribution in [3.05, 3.63) is 18.0 Å². The predicted molar refractivity (Wildman–Crippen MR) is 55.5 cm³/mol. The number of sulfonamides is 1. The van der Waals surface area contributed by atoms with Gasteiger partial charge in [0, 0.05) is 24.9 Å². The molecule has 0 saturated heterocycles. The Morgan fingerprint density at radius 3 is 2.87 bits per heavy atom. The van der Waals surface area contributed by atoms with E-state index < -0.39 is 10.0 Å². The van der Waals surface area contributed by atoms with Gasteiger partial charge in [-0.3, -0.25) is 5.10 Å². The van der Waals surface area contributed by atoms with Crippen molar-refractivity contribution in [1.82, 2.24) is 14.9 Å². The summed E-state index contributed by atoms with van der Waals surface area (Å²) in [5, 5.41) is 14.8. The number of aliphatic hydroxyl groups excluding tert-OH is 1. The third-order valence-corrected chi connectivity index (χ3v) is 3.28.